The van der Waals surface area contributed by atoms with Gasteiger partial charge in [-0.25, -0.2) is 0 Å². The molecule has 106 valence electrons. The van der Waals surface area contributed by atoms with Gasteiger partial charge in [-0.15, -0.1) is 0 Å². The molecular formula is C16H22N4. The zero-order chi connectivity index (χ0) is 13.6. The van der Waals surface area contributed by atoms with Crippen LogP contribution in [-0.4, -0.2) is 40.9 Å². The van der Waals surface area contributed by atoms with Crippen LogP contribution in [0.3, 0.4) is 0 Å². The van der Waals surface area contributed by atoms with E-state index in [-0.39, 0.29) is 0 Å². The van der Waals surface area contributed by atoms with Crippen LogP contribution in [0, 0.1) is 0 Å². The molecule has 0 radical (unpaired) electrons. The van der Waals surface area contributed by atoms with Crippen LogP contribution in [0.25, 0.3) is 0 Å². The van der Waals surface area contributed by atoms with Gasteiger partial charge in [-0.1, -0.05) is 30.3 Å². The van der Waals surface area contributed by atoms with E-state index < -0.39 is 0 Å². The molecule has 2 heterocycles. The Morgan fingerprint density at radius 3 is 2.85 bits per heavy atom. The van der Waals surface area contributed by atoms with Crippen LogP contribution in [0.5, 0.6) is 0 Å². The molecule has 1 aliphatic rings. The van der Waals surface area contributed by atoms with Crippen molar-refractivity contribution < 1.29 is 0 Å². The summed E-state index contributed by atoms with van der Waals surface area (Å²) in [6.07, 6.45) is 5.09. The zero-order valence-electron chi connectivity index (χ0n) is 11.8. The van der Waals surface area contributed by atoms with Gasteiger partial charge in [0.05, 0.1) is 6.54 Å². The van der Waals surface area contributed by atoms with E-state index >= 15 is 0 Å². The van der Waals surface area contributed by atoms with Crippen molar-refractivity contribution in [3.8, 4) is 0 Å². The second-order valence-electron chi connectivity index (χ2n) is 5.34. The molecule has 1 saturated heterocycles. The van der Waals surface area contributed by atoms with Gasteiger partial charge >= 0.3 is 0 Å². The molecule has 0 spiro atoms. The van der Waals surface area contributed by atoms with E-state index in [2.05, 4.69) is 45.6 Å². The highest BCUT2D eigenvalue weighted by molar-refractivity contribution is 5.19. The minimum Gasteiger partial charge on any atom is -0.309 e. The summed E-state index contributed by atoms with van der Waals surface area (Å²) in [5.74, 6) is 0. The maximum atomic E-state index is 4.28. The van der Waals surface area contributed by atoms with Crippen LogP contribution in [-0.2, 0) is 6.54 Å². The Labute approximate surface area is 120 Å². The molecule has 0 amide bonds. The van der Waals surface area contributed by atoms with Crippen molar-refractivity contribution in [3.05, 3.63) is 54.4 Å². The van der Waals surface area contributed by atoms with Crippen LogP contribution >= 0.6 is 0 Å². The molecule has 1 N–H and O–H groups in total. The number of hydrogen-bond donors (Lipinski definition) is 1. The molecule has 20 heavy (non-hydrogen) atoms. The third-order valence-electron chi connectivity index (χ3n) is 3.89. The largest absolute Gasteiger partial charge is 0.309 e. The van der Waals surface area contributed by atoms with E-state index in [0.29, 0.717) is 6.04 Å². The number of benzene rings is 1. The molecule has 4 heteroatoms. The molecule has 1 aromatic heterocycles. The fraction of sp³-hybridized carbons (Fsp3) is 0.438. The van der Waals surface area contributed by atoms with Gasteiger partial charge < -0.3 is 5.32 Å². The number of nitrogens with one attached hydrogen (secondary N) is 1. The molecule has 0 saturated carbocycles. The summed E-state index contributed by atoms with van der Waals surface area (Å²) in [7, 11) is 0. The van der Waals surface area contributed by atoms with Crippen LogP contribution in [0.15, 0.2) is 48.8 Å². The molecule has 0 bridgehead atoms. The molecule has 1 unspecified atom stereocenters. The van der Waals surface area contributed by atoms with Crippen molar-refractivity contribution in [2.45, 2.75) is 19.0 Å². The fourth-order valence-corrected chi connectivity index (χ4v) is 2.78. The lowest BCUT2D eigenvalue weighted by Gasteiger charge is -2.24. The Hall–Kier alpha value is -1.65. The summed E-state index contributed by atoms with van der Waals surface area (Å²) in [5.41, 5.74) is 1.39. The Kier molecular flexibility index (Phi) is 4.46. The first-order valence-electron chi connectivity index (χ1n) is 7.40. The first-order valence-corrected chi connectivity index (χ1v) is 7.40. The molecule has 4 nitrogen and oxygen atoms in total. The lowest BCUT2D eigenvalue weighted by molar-refractivity contribution is 0.254. The monoisotopic (exact) mass is 270 g/mol. The normalized spacial score (nSPS) is 20.7. The Bertz CT molecular complexity index is 494. The Morgan fingerprint density at radius 1 is 1.15 bits per heavy atom. The van der Waals surface area contributed by atoms with Gasteiger partial charge in [-0.05, 0) is 31.1 Å². The molecule has 1 atom stereocenters. The fourth-order valence-electron chi connectivity index (χ4n) is 2.78. The number of aromatic nitrogens is 2. The average Bonchev–Trinajstić information content (AvgIpc) is 2.90. The summed E-state index contributed by atoms with van der Waals surface area (Å²) in [5, 5.41) is 7.93. The third-order valence-corrected chi connectivity index (χ3v) is 3.89. The minimum absolute atomic E-state index is 0.441. The molecule has 3 rings (SSSR count). The van der Waals surface area contributed by atoms with Gasteiger partial charge in [-0.3, -0.25) is 9.58 Å². The maximum absolute atomic E-state index is 4.28. The summed E-state index contributed by atoms with van der Waals surface area (Å²) in [6.45, 7) is 5.36. The van der Waals surface area contributed by atoms with Gasteiger partial charge in [0, 0.05) is 31.5 Å². The number of hydrogen-bond acceptors (Lipinski definition) is 3. The van der Waals surface area contributed by atoms with E-state index in [1.54, 1.807) is 0 Å². The van der Waals surface area contributed by atoms with Crippen LogP contribution in [0.2, 0.25) is 0 Å². The molecular weight excluding hydrogens is 248 g/mol. The van der Waals surface area contributed by atoms with E-state index in [4.69, 9.17) is 0 Å². The zero-order valence-corrected chi connectivity index (χ0v) is 11.8. The smallest absolute Gasteiger partial charge is 0.0536 e. The first-order chi connectivity index (χ1) is 9.92. The van der Waals surface area contributed by atoms with Crippen molar-refractivity contribution in [2.24, 2.45) is 0 Å². The quantitative estimate of drug-likeness (QED) is 0.921. The first kappa shape index (κ1) is 13.3. The van der Waals surface area contributed by atoms with Crippen molar-refractivity contribution in [2.75, 3.05) is 26.2 Å². The molecule has 1 fully saturated rings. The third kappa shape index (κ3) is 3.46. The molecule has 0 aliphatic carbocycles. The van der Waals surface area contributed by atoms with Gasteiger partial charge in [0.2, 0.25) is 0 Å². The van der Waals surface area contributed by atoms with E-state index in [9.17, 15) is 0 Å². The maximum Gasteiger partial charge on any atom is 0.0536 e. The lowest BCUT2D eigenvalue weighted by Crippen LogP contribution is -2.33. The highest BCUT2D eigenvalue weighted by Gasteiger charge is 2.18. The van der Waals surface area contributed by atoms with Crippen LogP contribution in [0.1, 0.15) is 18.0 Å². The minimum atomic E-state index is 0.441. The molecule has 2 aromatic rings. The highest BCUT2D eigenvalue weighted by Crippen LogP contribution is 2.16. The van der Waals surface area contributed by atoms with Crippen LogP contribution < -0.4 is 5.32 Å². The van der Waals surface area contributed by atoms with E-state index in [0.717, 1.165) is 32.7 Å². The lowest BCUT2D eigenvalue weighted by atomic mass is 10.1. The van der Waals surface area contributed by atoms with E-state index in [1.807, 2.05) is 23.1 Å². The van der Waals surface area contributed by atoms with Crippen molar-refractivity contribution in [3.63, 3.8) is 0 Å². The number of rotatable bonds is 4. The SMILES string of the molecule is c1ccc(C2CN(CCn3cccn3)CCCN2)cc1. The summed E-state index contributed by atoms with van der Waals surface area (Å²) >= 11 is 0. The van der Waals surface area contributed by atoms with Gasteiger partial charge in [0.15, 0.2) is 0 Å². The predicted octanol–water partition coefficient (Wildman–Crippen LogP) is 1.92. The number of nitrogens with zero attached hydrogens (tertiary/aromatic N) is 3. The van der Waals surface area contributed by atoms with E-state index in [1.165, 1.54) is 12.0 Å². The summed E-state index contributed by atoms with van der Waals surface area (Å²) in [4.78, 5) is 2.54. The Morgan fingerprint density at radius 2 is 2.05 bits per heavy atom. The van der Waals surface area contributed by atoms with Crippen molar-refractivity contribution >= 4 is 0 Å². The van der Waals surface area contributed by atoms with Gasteiger partial charge in [0.25, 0.3) is 0 Å². The second-order valence-corrected chi connectivity index (χ2v) is 5.34. The van der Waals surface area contributed by atoms with Crippen LogP contribution in [0.4, 0.5) is 0 Å². The molecule has 1 aliphatic heterocycles. The highest BCUT2D eigenvalue weighted by atomic mass is 15.3. The summed E-state index contributed by atoms with van der Waals surface area (Å²) < 4.78 is 2.01. The standard InChI is InChI=1S/C16H22N4/c1-2-6-15(7-3-1)16-14-19(10-4-8-17-16)12-13-20-11-5-9-18-20/h1-3,5-7,9,11,16-17H,4,8,10,12-14H2. The Balaban J connectivity index is 1.60. The summed E-state index contributed by atoms with van der Waals surface area (Å²) in [6, 6.07) is 13.2. The second kappa shape index (κ2) is 6.68. The predicted molar refractivity (Wildman–Crippen MR) is 80.5 cm³/mol. The average molecular weight is 270 g/mol. The topological polar surface area (TPSA) is 33.1 Å². The van der Waals surface area contributed by atoms with Gasteiger partial charge in [-0.2, -0.15) is 5.10 Å². The van der Waals surface area contributed by atoms with Crippen molar-refractivity contribution in [1.29, 1.82) is 0 Å². The van der Waals surface area contributed by atoms with Gasteiger partial charge in [0.1, 0.15) is 0 Å². The van der Waals surface area contributed by atoms with Crippen molar-refractivity contribution in [1.82, 2.24) is 20.0 Å². The molecule has 1 aromatic carbocycles.